The van der Waals surface area contributed by atoms with Crippen LogP contribution in [-0.4, -0.2) is 35.1 Å². The number of hydrogen-bond acceptors (Lipinski definition) is 9. The van der Waals surface area contributed by atoms with Gasteiger partial charge in [-0.2, -0.15) is 0 Å². The number of nitrogens with zero attached hydrogens (tertiary/aromatic N) is 4. The fourth-order valence-electron chi connectivity index (χ4n) is 7.08. The molecule has 17 heteroatoms. The minimum Gasteiger partial charge on any atom is -0.743 e. The molecule has 1 aliphatic rings. The van der Waals surface area contributed by atoms with Crippen LogP contribution in [0.2, 0.25) is 10.0 Å². The van der Waals surface area contributed by atoms with Gasteiger partial charge < -0.3 is 27.4 Å². The van der Waals surface area contributed by atoms with Crippen molar-refractivity contribution in [2.45, 2.75) is 19.2 Å². The van der Waals surface area contributed by atoms with Crippen molar-refractivity contribution < 1.29 is 91.0 Å². The van der Waals surface area contributed by atoms with Gasteiger partial charge in [-0.15, -0.1) is 4.57 Å². The van der Waals surface area contributed by atoms with E-state index in [1.54, 1.807) is 55.5 Å². The zero-order valence-electron chi connectivity index (χ0n) is 29.7. The molecule has 0 spiro atoms. The Morgan fingerprint density at radius 3 is 2.02 bits per heavy atom. The number of aromatic nitrogens is 3. The summed E-state index contributed by atoms with van der Waals surface area (Å²) in [5.74, 6) is -0.768. The fraction of sp³-hybridized carbons (Fsp3) is 0.132. The van der Waals surface area contributed by atoms with Crippen LogP contribution < -0.4 is 65.6 Å². The molecule has 0 fully saturated rings. The van der Waals surface area contributed by atoms with Crippen molar-refractivity contribution >= 4 is 110 Å². The van der Waals surface area contributed by atoms with Crippen LogP contribution in [0, 0.1) is 0 Å². The van der Waals surface area contributed by atoms with Crippen molar-refractivity contribution in [1.29, 1.82) is 0 Å². The first kappa shape index (κ1) is 39.6. The van der Waals surface area contributed by atoms with E-state index in [1.165, 1.54) is 16.7 Å². The summed E-state index contributed by atoms with van der Waals surface area (Å²) in [5.41, 5.74) is 9.21. The van der Waals surface area contributed by atoms with E-state index in [4.69, 9.17) is 32.4 Å². The zero-order chi connectivity index (χ0) is 38.4. The van der Waals surface area contributed by atoms with Gasteiger partial charge in [0.2, 0.25) is 17.3 Å². The van der Waals surface area contributed by atoms with Gasteiger partial charge >= 0.3 is 57.3 Å². The van der Waals surface area contributed by atoms with Crippen LogP contribution >= 0.6 is 23.2 Å². The third-order valence-corrected chi connectivity index (χ3v) is 11.3. The Kier molecular flexibility index (Phi) is 10.4. The number of halogens is 2. The van der Waals surface area contributed by atoms with Gasteiger partial charge in [-0.25, -0.2) is 16.8 Å². The number of hydrogen-bond donors (Lipinski definition) is 0. The maximum Gasteiger partial charge on any atom is 1.00 e. The number of rotatable bonds is 7. The Balaban J connectivity index is 0.00000465. The predicted molar refractivity (Wildman–Crippen MR) is 206 cm³/mol. The second kappa shape index (κ2) is 14.4. The summed E-state index contributed by atoms with van der Waals surface area (Å²) >= 11 is 12.7. The van der Waals surface area contributed by atoms with E-state index in [-0.39, 0.29) is 81.0 Å². The molecule has 0 amide bonds. The Morgan fingerprint density at radius 2 is 1.45 bits per heavy atom. The minimum atomic E-state index is -5.19. The molecule has 0 aliphatic carbocycles. The van der Waals surface area contributed by atoms with E-state index in [9.17, 15) is 25.9 Å². The predicted octanol–water partition coefficient (Wildman–Crippen LogP) is 4.68. The van der Waals surface area contributed by atoms with Crippen LogP contribution in [-0.2, 0) is 40.2 Å². The van der Waals surface area contributed by atoms with Crippen LogP contribution in [0.4, 0.5) is 5.69 Å². The standard InChI is InChI=1S/C38H28Cl2N4O8S2.K/c1-5-7-38(54(48,49)50)44-33-17-27-25-15-23(40)9-11-29(25)42(4)31(27)19-35(33)52-37(44)13-21(6-2)12-36-43(20-53(45,46)47)32-16-26-24-14-22(39)8-10-28(24)41(3)30(26)18-34(32)51-36;/h8-19H,1,6,20H2,2-4H3,(H-,45,46,47,48,49,50);/q;+1/p-1. The molecule has 0 atom stereocenters. The molecule has 1 aliphatic heterocycles. The first-order valence-electron chi connectivity index (χ1n) is 16.3. The van der Waals surface area contributed by atoms with Gasteiger partial charge in [0, 0.05) is 81.0 Å². The summed E-state index contributed by atoms with van der Waals surface area (Å²) in [5, 5.41) is 3.29. The van der Waals surface area contributed by atoms with Gasteiger partial charge in [-0.3, -0.25) is 4.90 Å². The van der Waals surface area contributed by atoms with Gasteiger partial charge in [0.25, 0.3) is 5.52 Å². The van der Waals surface area contributed by atoms with Crippen LogP contribution in [0.5, 0.6) is 5.75 Å². The summed E-state index contributed by atoms with van der Waals surface area (Å²) in [6.07, 6.45) is 3.30. The van der Waals surface area contributed by atoms with Crippen LogP contribution in [0.25, 0.3) is 60.8 Å². The second-order valence-corrected chi connectivity index (χ2v) is 16.3. The monoisotopic (exact) mass is 840 g/mol. The summed E-state index contributed by atoms with van der Waals surface area (Å²) in [7, 11) is -6.27. The van der Waals surface area contributed by atoms with Crippen LogP contribution in [0.1, 0.15) is 19.2 Å². The number of benzene rings is 4. The van der Waals surface area contributed by atoms with E-state index in [2.05, 4.69) is 18.0 Å². The SMILES string of the molecule is C=C=C=C(N1C(=CC(=Cc2oc3cc4c(cc3[n+]2CS(=O)(=O)[O-])c2cc(Cl)ccc2n4C)CC)Oc2cc3c(cc21)c1cc(Cl)ccc1n3C)S(=O)(=O)[O-].[K+]. The van der Waals surface area contributed by atoms with E-state index in [0.717, 1.165) is 43.1 Å². The number of anilines is 1. The smallest absolute Gasteiger partial charge is 0.743 e. The van der Waals surface area contributed by atoms with Crippen LogP contribution in [0.3, 0.4) is 0 Å². The summed E-state index contributed by atoms with van der Waals surface area (Å²) < 4.78 is 92.5. The number of oxazole rings is 1. The van der Waals surface area contributed by atoms with Crippen molar-refractivity contribution in [3.63, 3.8) is 0 Å². The average Bonchev–Trinajstić information content (AvgIpc) is 3.78. The first-order valence-corrected chi connectivity index (χ1v) is 20.0. The minimum absolute atomic E-state index is 0. The van der Waals surface area contributed by atoms with Crippen LogP contribution in [0.15, 0.2) is 106 Å². The summed E-state index contributed by atoms with van der Waals surface area (Å²) in [6.45, 7) is 5.23. The van der Waals surface area contributed by atoms with Gasteiger partial charge in [0.05, 0.1) is 22.8 Å². The maximum absolute atomic E-state index is 12.7. The van der Waals surface area contributed by atoms with Gasteiger partial charge in [-0.05, 0) is 66.8 Å². The molecule has 0 N–H and O–H groups in total. The summed E-state index contributed by atoms with van der Waals surface area (Å²) in [4.78, 5) is 1.11. The van der Waals surface area contributed by atoms with Crippen molar-refractivity contribution in [1.82, 2.24) is 9.13 Å². The quantitative estimate of drug-likeness (QED) is 0.0964. The van der Waals surface area contributed by atoms with Crippen molar-refractivity contribution in [2.24, 2.45) is 14.1 Å². The van der Waals surface area contributed by atoms with Gasteiger partial charge in [0.1, 0.15) is 10.1 Å². The molecule has 7 aromatic rings. The topological polar surface area (TPSA) is 154 Å². The normalized spacial score (nSPS) is 14.2. The number of aryl methyl sites for hydroxylation is 2. The maximum atomic E-state index is 12.7. The molecule has 0 radical (unpaired) electrons. The Bertz CT molecular complexity index is 3210. The van der Waals surface area contributed by atoms with E-state index < -0.39 is 31.1 Å². The molecule has 8 rings (SSSR count). The van der Waals surface area contributed by atoms with Crippen molar-refractivity contribution in [3.8, 4) is 5.75 Å². The molecule has 4 heterocycles. The number of allylic oxidation sites excluding steroid dienone is 2. The molecule has 12 nitrogen and oxygen atoms in total. The number of fused-ring (bicyclic) bond motifs is 8. The number of ether oxygens (including phenoxy) is 1. The molecule has 3 aromatic heterocycles. The molecular formula is C38H27Cl2KN4O8S2. The van der Waals surface area contributed by atoms with E-state index in [1.807, 2.05) is 35.4 Å². The Morgan fingerprint density at radius 1 is 0.873 bits per heavy atom. The van der Waals surface area contributed by atoms with E-state index >= 15 is 0 Å². The second-order valence-electron chi connectivity index (χ2n) is 12.7. The third-order valence-electron chi connectivity index (χ3n) is 9.49. The Labute approximate surface area is 367 Å². The third kappa shape index (κ3) is 6.93. The van der Waals surface area contributed by atoms with Crippen molar-refractivity contribution in [2.75, 3.05) is 4.90 Å². The molecule has 274 valence electrons. The fourth-order valence-corrected chi connectivity index (χ4v) is 8.61. The Hall–Kier alpha value is -3.63. The molecule has 55 heavy (non-hydrogen) atoms. The zero-order valence-corrected chi connectivity index (χ0v) is 35.9. The van der Waals surface area contributed by atoms with Gasteiger partial charge in [-0.1, -0.05) is 35.9 Å². The molecule has 4 aromatic carbocycles. The molecule has 0 saturated heterocycles. The molecule has 0 bridgehead atoms. The molecule has 0 unspecified atom stereocenters. The largest absolute Gasteiger partial charge is 1.00 e. The molecular weight excluding hydrogens is 815 g/mol. The first-order chi connectivity index (χ1) is 25.6. The van der Waals surface area contributed by atoms with E-state index in [0.29, 0.717) is 32.1 Å². The van der Waals surface area contributed by atoms with Gasteiger partial charge in [0.15, 0.2) is 20.9 Å². The summed E-state index contributed by atoms with van der Waals surface area (Å²) in [6, 6.07) is 17.8. The van der Waals surface area contributed by atoms with Crippen molar-refractivity contribution in [3.05, 3.63) is 117 Å². The average molecular weight is 842 g/mol. The molecule has 0 saturated carbocycles.